The van der Waals surface area contributed by atoms with Crippen molar-refractivity contribution in [3.8, 4) is 0 Å². The van der Waals surface area contributed by atoms with Crippen molar-refractivity contribution in [3.05, 3.63) is 24.3 Å². The molecule has 0 bridgehead atoms. The zero-order chi connectivity index (χ0) is 40.1. The molecular weight excluding hydrogens is 685 g/mol. The lowest BCUT2D eigenvalue weighted by molar-refractivity contribution is -0.167. The van der Waals surface area contributed by atoms with Crippen LogP contribution in [0.2, 0.25) is 0 Å². The van der Waals surface area contributed by atoms with E-state index in [1.807, 2.05) is 0 Å². The molecule has 0 radical (unpaired) electrons. The van der Waals surface area contributed by atoms with Gasteiger partial charge in [0.1, 0.15) is 13.2 Å². The first-order valence-electron chi connectivity index (χ1n) is 23.9. The molecule has 0 N–H and O–H groups in total. The molecule has 0 spiro atoms. The van der Waals surface area contributed by atoms with Crippen molar-refractivity contribution in [1.29, 1.82) is 0 Å². The van der Waals surface area contributed by atoms with Gasteiger partial charge in [-0.15, -0.1) is 0 Å². The lowest BCUT2D eigenvalue weighted by Gasteiger charge is -2.18. The van der Waals surface area contributed by atoms with E-state index in [0.717, 1.165) is 64.2 Å². The molecule has 1 unspecified atom stereocenters. The molecule has 0 rings (SSSR count). The van der Waals surface area contributed by atoms with Gasteiger partial charge in [-0.25, -0.2) is 0 Å². The number of hydrogen-bond acceptors (Lipinski definition) is 6. The molecule has 6 heteroatoms. The maximum atomic E-state index is 12.7. The fourth-order valence-electron chi connectivity index (χ4n) is 6.84. The first kappa shape index (κ1) is 52.9. The van der Waals surface area contributed by atoms with Crippen LogP contribution in [0.5, 0.6) is 0 Å². The number of unbranched alkanes of at least 4 members (excludes halogenated alkanes) is 29. The van der Waals surface area contributed by atoms with Crippen molar-refractivity contribution >= 4 is 17.9 Å². The first-order chi connectivity index (χ1) is 27.0. The molecule has 0 heterocycles. The molecule has 0 aromatic heterocycles. The van der Waals surface area contributed by atoms with Crippen LogP contribution in [0, 0.1) is 0 Å². The van der Waals surface area contributed by atoms with Crippen molar-refractivity contribution in [1.82, 2.24) is 0 Å². The highest BCUT2D eigenvalue weighted by atomic mass is 16.6. The second kappa shape index (κ2) is 44.6. The van der Waals surface area contributed by atoms with Crippen molar-refractivity contribution < 1.29 is 28.6 Å². The average Bonchev–Trinajstić information content (AvgIpc) is 3.18. The van der Waals surface area contributed by atoms with E-state index in [-0.39, 0.29) is 31.1 Å². The summed E-state index contributed by atoms with van der Waals surface area (Å²) in [6.45, 7) is 6.59. The third kappa shape index (κ3) is 42.9. The van der Waals surface area contributed by atoms with E-state index in [2.05, 4.69) is 45.1 Å². The zero-order valence-electron chi connectivity index (χ0n) is 36.7. The van der Waals surface area contributed by atoms with Crippen molar-refractivity contribution in [2.75, 3.05) is 13.2 Å². The Morgan fingerprint density at radius 3 is 1.00 bits per heavy atom. The smallest absolute Gasteiger partial charge is 0.306 e. The van der Waals surface area contributed by atoms with Crippen molar-refractivity contribution in [2.45, 2.75) is 258 Å². The Morgan fingerprint density at radius 1 is 0.364 bits per heavy atom. The van der Waals surface area contributed by atoms with Crippen LogP contribution in [0.3, 0.4) is 0 Å². The minimum atomic E-state index is -0.768. The fourth-order valence-corrected chi connectivity index (χ4v) is 6.84. The van der Waals surface area contributed by atoms with E-state index in [4.69, 9.17) is 14.2 Å². The van der Waals surface area contributed by atoms with Gasteiger partial charge in [0.25, 0.3) is 0 Å². The van der Waals surface area contributed by atoms with Crippen LogP contribution in [-0.4, -0.2) is 37.2 Å². The normalized spacial score (nSPS) is 12.1. The SMILES string of the molecule is CCCCC/C=C\C=C/CCCCCCCCC(=O)OCC(COC(=O)CCCCCCCCCCCCC)OC(=O)CCCCCCCCCCCCC. The van der Waals surface area contributed by atoms with E-state index >= 15 is 0 Å². The molecule has 0 saturated heterocycles. The quantitative estimate of drug-likeness (QED) is 0.0266. The molecule has 6 nitrogen and oxygen atoms in total. The molecule has 55 heavy (non-hydrogen) atoms. The minimum absolute atomic E-state index is 0.0709. The highest BCUT2D eigenvalue weighted by molar-refractivity contribution is 5.71. The largest absolute Gasteiger partial charge is 0.462 e. The molecule has 0 aromatic rings. The van der Waals surface area contributed by atoms with Gasteiger partial charge in [-0.3, -0.25) is 14.4 Å². The number of ether oxygens (including phenoxy) is 3. The summed E-state index contributed by atoms with van der Waals surface area (Å²) in [7, 11) is 0. The molecule has 0 aliphatic carbocycles. The summed E-state index contributed by atoms with van der Waals surface area (Å²) in [4.78, 5) is 37.7. The van der Waals surface area contributed by atoms with Crippen LogP contribution in [0.1, 0.15) is 252 Å². The molecular formula is C49H90O6. The van der Waals surface area contributed by atoms with Gasteiger partial charge in [0, 0.05) is 19.3 Å². The van der Waals surface area contributed by atoms with Crippen LogP contribution in [0.4, 0.5) is 0 Å². The van der Waals surface area contributed by atoms with Gasteiger partial charge < -0.3 is 14.2 Å². The molecule has 0 aliphatic heterocycles. The van der Waals surface area contributed by atoms with E-state index in [9.17, 15) is 14.4 Å². The highest BCUT2D eigenvalue weighted by Crippen LogP contribution is 2.15. The standard InChI is InChI=1S/C49H90O6/c1-4-7-10-13-16-19-22-23-24-25-28-30-33-36-39-42-48(51)54-45-46(55-49(52)43-40-37-34-31-27-21-18-15-12-9-6-3)44-53-47(50)41-38-35-32-29-26-20-17-14-11-8-5-2/h16,19,22-23,46H,4-15,17-18,20-21,24-45H2,1-3H3/b19-16-,23-22-. The lowest BCUT2D eigenvalue weighted by Crippen LogP contribution is -2.30. The highest BCUT2D eigenvalue weighted by Gasteiger charge is 2.19. The predicted octanol–water partition coefficient (Wildman–Crippen LogP) is 15.2. The van der Waals surface area contributed by atoms with Crippen LogP contribution in [0.25, 0.3) is 0 Å². The Bertz CT molecular complexity index is 896. The van der Waals surface area contributed by atoms with E-state index in [0.29, 0.717) is 19.3 Å². The zero-order valence-corrected chi connectivity index (χ0v) is 36.7. The summed E-state index contributed by atoms with van der Waals surface area (Å²) >= 11 is 0. The molecule has 0 amide bonds. The monoisotopic (exact) mass is 775 g/mol. The summed E-state index contributed by atoms with van der Waals surface area (Å²) in [5.41, 5.74) is 0. The predicted molar refractivity (Wildman–Crippen MR) is 233 cm³/mol. The number of esters is 3. The summed E-state index contributed by atoms with van der Waals surface area (Å²) in [5, 5.41) is 0. The summed E-state index contributed by atoms with van der Waals surface area (Å²) in [5.74, 6) is -0.876. The van der Waals surface area contributed by atoms with Gasteiger partial charge in [0.15, 0.2) is 6.10 Å². The fraction of sp³-hybridized carbons (Fsp3) is 0.857. The average molecular weight is 775 g/mol. The first-order valence-corrected chi connectivity index (χ1v) is 23.9. The van der Waals surface area contributed by atoms with Gasteiger partial charge in [0.2, 0.25) is 0 Å². The molecule has 0 aliphatic rings. The number of carbonyl (C=O) groups excluding carboxylic acids is 3. The van der Waals surface area contributed by atoms with Gasteiger partial charge in [-0.05, 0) is 44.9 Å². The third-order valence-electron chi connectivity index (χ3n) is 10.5. The molecule has 0 aromatic carbocycles. The third-order valence-corrected chi connectivity index (χ3v) is 10.5. The summed E-state index contributed by atoms with van der Waals surface area (Å²) in [6, 6.07) is 0. The van der Waals surface area contributed by atoms with Crippen molar-refractivity contribution in [2.24, 2.45) is 0 Å². The second-order valence-electron chi connectivity index (χ2n) is 16.1. The molecule has 0 saturated carbocycles. The second-order valence-corrected chi connectivity index (χ2v) is 16.1. The Balaban J connectivity index is 4.35. The minimum Gasteiger partial charge on any atom is -0.462 e. The maximum Gasteiger partial charge on any atom is 0.306 e. The van der Waals surface area contributed by atoms with Gasteiger partial charge in [-0.2, -0.15) is 0 Å². The van der Waals surface area contributed by atoms with Gasteiger partial charge in [-0.1, -0.05) is 212 Å². The summed E-state index contributed by atoms with van der Waals surface area (Å²) < 4.78 is 16.7. The molecule has 1 atom stereocenters. The van der Waals surface area contributed by atoms with Crippen LogP contribution < -0.4 is 0 Å². The Morgan fingerprint density at radius 2 is 0.636 bits per heavy atom. The van der Waals surface area contributed by atoms with Gasteiger partial charge in [0.05, 0.1) is 0 Å². The van der Waals surface area contributed by atoms with Crippen LogP contribution in [-0.2, 0) is 28.6 Å². The molecule has 322 valence electrons. The van der Waals surface area contributed by atoms with E-state index in [1.54, 1.807) is 0 Å². The van der Waals surface area contributed by atoms with E-state index in [1.165, 1.54) is 148 Å². The van der Waals surface area contributed by atoms with Crippen LogP contribution in [0.15, 0.2) is 24.3 Å². The van der Waals surface area contributed by atoms with E-state index < -0.39 is 6.10 Å². The number of hydrogen-bond donors (Lipinski definition) is 0. The summed E-state index contributed by atoms with van der Waals surface area (Å²) in [6.07, 6.45) is 48.6. The Hall–Kier alpha value is -2.11. The lowest BCUT2D eigenvalue weighted by atomic mass is 10.1. The Kier molecular flexibility index (Phi) is 42.9. The molecule has 0 fully saturated rings. The van der Waals surface area contributed by atoms with Crippen LogP contribution >= 0.6 is 0 Å². The van der Waals surface area contributed by atoms with Crippen molar-refractivity contribution in [3.63, 3.8) is 0 Å². The number of rotatable bonds is 43. The number of carbonyl (C=O) groups is 3. The Labute approximate surface area is 341 Å². The topological polar surface area (TPSA) is 78.9 Å². The van der Waals surface area contributed by atoms with Gasteiger partial charge >= 0.3 is 17.9 Å². The number of allylic oxidation sites excluding steroid dienone is 4. The maximum absolute atomic E-state index is 12.7.